The van der Waals surface area contributed by atoms with Gasteiger partial charge in [-0.15, -0.1) is 0 Å². The van der Waals surface area contributed by atoms with Gasteiger partial charge in [0, 0.05) is 12.0 Å². The zero-order chi connectivity index (χ0) is 14.4. The minimum atomic E-state index is -2.84. The van der Waals surface area contributed by atoms with Crippen molar-refractivity contribution >= 4 is 15.8 Å². The SMILES string of the molecule is CCOC(=O)CCCCCNC1(C)CCS(=O)(=O)C1. The Kier molecular flexibility index (Phi) is 6.26. The predicted molar refractivity (Wildman–Crippen MR) is 74.8 cm³/mol. The minimum absolute atomic E-state index is 0.135. The van der Waals surface area contributed by atoms with Crippen LogP contribution in [-0.4, -0.2) is 44.6 Å². The third kappa shape index (κ3) is 6.38. The smallest absolute Gasteiger partial charge is 0.305 e. The van der Waals surface area contributed by atoms with Gasteiger partial charge in [-0.1, -0.05) is 6.42 Å². The summed E-state index contributed by atoms with van der Waals surface area (Å²) in [5, 5.41) is 3.33. The largest absolute Gasteiger partial charge is 0.466 e. The molecule has 0 spiro atoms. The van der Waals surface area contributed by atoms with Crippen molar-refractivity contribution in [3.63, 3.8) is 0 Å². The fourth-order valence-corrected chi connectivity index (χ4v) is 4.47. The maximum Gasteiger partial charge on any atom is 0.305 e. The van der Waals surface area contributed by atoms with Crippen LogP contribution in [0.15, 0.2) is 0 Å². The Morgan fingerprint density at radius 2 is 2.05 bits per heavy atom. The van der Waals surface area contributed by atoms with E-state index in [4.69, 9.17) is 4.74 Å². The Bertz CT molecular complexity index is 393. The van der Waals surface area contributed by atoms with E-state index in [1.165, 1.54) is 0 Å². The van der Waals surface area contributed by atoms with Gasteiger partial charge in [-0.25, -0.2) is 8.42 Å². The summed E-state index contributed by atoms with van der Waals surface area (Å²) in [6.07, 6.45) is 3.90. The minimum Gasteiger partial charge on any atom is -0.466 e. The zero-order valence-electron chi connectivity index (χ0n) is 11.9. The first-order valence-corrected chi connectivity index (χ1v) is 8.80. The van der Waals surface area contributed by atoms with Crippen molar-refractivity contribution in [2.75, 3.05) is 24.7 Å². The van der Waals surface area contributed by atoms with Gasteiger partial charge >= 0.3 is 5.97 Å². The Balaban J connectivity index is 2.07. The molecule has 112 valence electrons. The summed E-state index contributed by atoms with van der Waals surface area (Å²) in [5.41, 5.74) is -0.264. The van der Waals surface area contributed by atoms with Crippen molar-refractivity contribution in [3.05, 3.63) is 0 Å². The summed E-state index contributed by atoms with van der Waals surface area (Å²) in [6.45, 7) is 5.01. The van der Waals surface area contributed by atoms with Crippen molar-refractivity contribution in [2.45, 2.75) is 51.5 Å². The molecule has 19 heavy (non-hydrogen) atoms. The molecule has 6 heteroatoms. The normalized spacial score (nSPS) is 25.4. The summed E-state index contributed by atoms with van der Waals surface area (Å²) in [7, 11) is -2.84. The molecule has 0 aliphatic carbocycles. The number of esters is 1. The number of sulfone groups is 1. The third-order valence-corrected chi connectivity index (χ3v) is 5.32. The highest BCUT2D eigenvalue weighted by Gasteiger charge is 2.37. The summed E-state index contributed by atoms with van der Waals surface area (Å²) in [6, 6.07) is 0. The molecular weight excluding hydrogens is 266 g/mol. The van der Waals surface area contributed by atoms with E-state index in [0.717, 1.165) is 25.8 Å². The molecule has 0 bridgehead atoms. The molecule has 0 aromatic carbocycles. The van der Waals surface area contributed by atoms with Gasteiger partial charge in [0.25, 0.3) is 0 Å². The maximum absolute atomic E-state index is 11.4. The molecule has 1 N–H and O–H groups in total. The molecule has 1 atom stereocenters. The van der Waals surface area contributed by atoms with Gasteiger partial charge in [-0.05, 0) is 39.7 Å². The second kappa shape index (κ2) is 7.24. The lowest BCUT2D eigenvalue weighted by molar-refractivity contribution is -0.143. The molecule has 0 radical (unpaired) electrons. The Hall–Kier alpha value is -0.620. The molecule has 1 rings (SSSR count). The molecule has 1 fully saturated rings. The maximum atomic E-state index is 11.4. The fourth-order valence-electron chi connectivity index (χ4n) is 2.34. The van der Waals surface area contributed by atoms with Crippen LogP contribution < -0.4 is 5.32 Å². The van der Waals surface area contributed by atoms with Crippen LogP contribution >= 0.6 is 0 Å². The highest BCUT2D eigenvalue weighted by atomic mass is 32.2. The van der Waals surface area contributed by atoms with Crippen LogP contribution in [0, 0.1) is 0 Å². The summed E-state index contributed by atoms with van der Waals surface area (Å²) in [4.78, 5) is 11.1. The van der Waals surface area contributed by atoms with Gasteiger partial charge < -0.3 is 10.1 Å². The topological polar surface area (TPSA) is 72.5 Å². The van der Waals surface area contributed by atoms with Crippen LogP contribution in [-0.2, 0) is 19.4 Å². The molecule has 1 unspecified atom stereocenters. The molecule has 0 aromatic heterocycles. The van der Waals surface area contributed by atoms with Crippen LogP contribution in [0.25, 0.3) is 0 Å². The van der Waals surface area contributed by atoms with Crippen molar-refractivity contribution in [1.82, 2.24) is 5.32 Å². The number of carbonyl (C=O) groups is 1. The predicted octanol–water partition coefficient (Wildman–Crippen LogP) is 1.28. The Morgan fingerprint density at radius 3 is 2.63 bits per heavy atom. The second-order valence-electron chi connectivity index (χ2n) is 5.45. The van der Waals surface area contributed by atoms with E-state index < -0.39 is 9.84 Å². The van der Waals surface area contributed by atoms with Crippen LogP contribution in [0.2, 0.25) is 0 Å². The number of carbonyl (C=O) groups excluding carboxylic acids is 1. The molecule has 1 aliphatic rings. The average molecular weight is 291 g/mol. The second-order valence-corrected chi connectivity index (χ2v) is 7.63. The lowest BCUT2D eigenvalue weighted by Gasteiger charge is -2.23. The first kappa shape index (κ1) is 16.4. The highest BCUT2D eigenvalue weighted by Crippen LogP contribution is 2.22. The third-order valence-electron chi connectivity index (χ3n) is 3.42. The van der Waals surface area contributed by atoms with Crippen LogP contribution in [0.5, 0.6) is 0 Å². The van der Waals surface area contributed by atoms with Gasteiger partial charge in [0.2, 0.25) is 0 Å². The Morgan fingerprint density at radius 1 is 1.32 bits per heavy atom. The number of rotatable bonds is 8. The van der Waals surface area contributed by atoms with Gasteiger partial charge in [-0.3, -0.25) is 4.79 Å². The molecule has 0 aromatic rings. The van der Waals surface area contributed by atoms with Crippen molar-refractivity contribution in [3.8, 4) is 0 Å². The van der Waals surface area contributed by atoms with Crippen LogP contribution in [0.1, 0.15) is 46.0 Å². The van der Waals surface area contributed by atoms with E-state index in [0.29, 0.717) is 25.2 Å². The standard InChI is InChI=1S/C13H25NO4S/c1-3-18-12(15)7-5-4-6-9-14-13(2)8-10-19(16,17)11-13/h14H,3-11H2,1-2H3. The number of hydrogen-bond acceptors (Lipinski definition) is 5. The highest BCUT2D eigenvalue weighted by molar-refractivity contribution is 7.91. The fraction of sp³-hybridized carbons (Fsp3) is 0.923. The summed E-state index contributed by atoms with van der Waals surface area (Å²) >= 11 is 0. The van der Waals surface area contributed by atoms with Crippen molar-refractivity contribution in [1.29, 1.82) is 0 Å². The van der Waals surface area contributed by atoms with Gasteiger partial charge in [0.15, 0.2) is 9.84 Å². The van der Waals surface area contributed by atoms with Crippen molar-refractivity contribution < 1.29 is 17.9 Å². The van der Waals surface area contributed by atoms with Gasteiger partial charge in [-0.2, -0.15) is 0 Å². The lowest BCUT2D eigenvalue weighted by atomic mass is 10.0. The molecule has 1 saturated heterocycles. The van der Waals surface area contributed by atoms with E-state index in [9.17, 15) is 13.2 Å². The van der Waals surface area contributed by atoms with E-state index >= 15 is 0 Å². The number of hydrogen-bond donors (Lipinski definition) is 1. The van der Waals surface area contributed by atoms with Gasteiger partial charge in [0.1, 0.15) is 0 Å². The molecule has 0 saturated carbocycles. The molecule has 1 aliphatic heterocycles. The quantitative estimate of drug-likeness (QED) is 0.539. The summed E-state index contributed by atoms with van der Waals surface area (Å²) < 4.78 is 27.7. The van der Waals surface area contributed by atoms with E-state index in [2.05, 4.69) is 5.32 Å². The first-order chi connectivity index (χ1) is 8.87. The summed E-state index contributed by atoms with van der Waals surface area (Å²) in [5.74, 6) is 0.395. The number of nitrogens with one attached hydrogen (secondary N) is 1. The first-order valence-electron chi connectivity index (χ1n) is 6.98. The van der Waals surface area contributed by atoms with Crippen molar-refractivity contribution in [2.24, 2.45) is 0 Å². The average Bonchev–Trinajstić information content (AvgIpc) is 2.59. The molecule has 1 heterocycles. The van der Waals surface area contributed by atoms with Gasteiger partial charge in [0.05, 0.1) is 18.1 Å². The van der Waals surface area contributed by atoms with E-state index in [1.54, 1.807) is 6.92 Å². The zero-order valence-corrected chi connectivity index (χ0v) is 12.7. The lowest BCUT2D eigenvalue weighted by Crippen LogP contribution is -2.43. The molecular formula is C13H25NO4S. The molecule has 0 amide bonds. The van der Waals surface area contributed by atoms with E-state index in [1.807, 2.05) is 6.92 Å². The number of unbranched alkanes of at least 4 members (excludes halogenated alkanes) is 2. The monoisotopic (exact) mass is 291 g/mol. The van der Waals surface area contributed by atoms with Crippen LogP contribution in [0.4, 0.5) is 0 Å². The Labute approximate surface area is 116 Å². The van der Waals surface area contributed by atoms with E-state index in [-0.39, 0.29) is 17.3 Å². The molecule has 5 nitrogen and oxygen atoms in total. The van der Waals surface area contributed by atoms with Crippen LogP contribution in [0.3, 0.4) is 0 Å². The number of ether oxygens (including phenoxy) is 1.